The molecule has 2 aliphatic heterocycles. The SMILES string of the molecule is Nc1nc2c(ncn2[C@@H]2O[C@H](CCO)[C@@H](O)[C@H]2P(=O)(O)OC[C@H]2O[C@@H](n3cnc4c(N)ncnc43)[C@@H](O)[C@@H]2O)c(=O)[nH]1. The number of aliphatic hydroxyl groups excluding tert-OH is 4. The molecule has 0 aromatic carbocycles. The monoisotopic (exact) mass is 610 g/mol. The van der Waals surface area contributed by atoms with Crippen LogP contribution in [0.5, 0.6) is 0 Å². The second-order valence-electron chi connectivity index (χ2n) is 9.82. The Morgan fingerprint density at radius 1 is 0.952 bits per heavy atom. The highest BCUT2D eigenvalue weighted by atomic mass is 31.2. The van der Waals surface area contributed by atoms with Gasteiger partial charge in [0.2, 0.25) is 5.95 Å². The van der Waals surface area contributed by atoms with Crippen molar-refractivity contribution in [2.75, 3.05) is 24.7 Å². The van der Waals surface area contributed by atoms with Gasteiger partial charge in [0.05, 0.1) is 31.5 Å². The van der Waals surface area contributed by atoms with Crippen molar-refractivity contribution in [2.45, 2.75) is 55.1 Å². The van der Waals surface area contributed by atoms with Gasteiger partial charge in [0, 0.05) is 6.61 Å². The Bertz CT molecular complexity index is 1730. The average Bonchev–Trinajstić information content (AvgIpc) is 3.69. The Kier molecular flexibility index (Phi) is 7.20. The standard InChI is InChI=1S/C21H27N10O10P/c22-15-9-16(25-4-24-15)30(5-26-9)19-13(35)11(33)8(41-19)3-39-42(37,38)14-12(34)7(1-2-32)40-20(14)31-6-27-10-17(31)28-21(23)29-18(10)36/h4-8,11-14,19-20,32-35H,1-3H2,(H,37,38)(H2,22,24,25)(H3,23,28,29,36)/t7-,8-,11-,12-,13+,14-,19-,20-/m1/s1. The molecule has 4 aromatic rings. The van der Waals surface area contributed by atoms with Gasteiger partial charge < -0.3 is 50.8 Å². The molecule has 2 saturated heterocycles. The molecule has 0 saturated carbocycles. The predicted molar refractivity (Wildman–Crippen MR) is 139 cm³/mol. The van der Waals surface area contributed by atoms with Gasteiger partial charge in [0.25, 0.3) is 5.56 Å². The Morgan fingerprint density at radius 2 is 1.64 bits per heavy atom. The number of ether oxygens (including phenoxy) is 2. The first-order chi connectivity index (χ1) is 20.0. The molecule has 9 atom stereocenters. The lowest BCUT2D eigenvalue weighted by molar-refractivity contribution is -0.0493. The highest BCUT2D eigenvalue weighted by molar-refractivity contribution is 7.53. The number of nitrogen functional groups attached to an aromatic ring is 2. The van der Waals surface area contributed by atoms with E-state index in [1.165, 1.54) is 17.2 Å². The van der Waals surface area contributed by atoms with Crippen molar-refractivity contribution in [2.24, 2.45) is 0 Å². The van der Waals surface area contributed by atoms with Crippen LogP contribution in [-0.4, -0.2) is 114 Å². The molecule has 10 N–H and O–H groups in total. The molecule has 1 unspecified atom stereocenters. The summed E-state index contributed by atoms with van der Waals surface area (Å²) in [6, 6.07) is 0. The third kappa shape index (κ3) is 4.62. The fraction of sp³-hybridized carbons (Fsp3) is 0.524. The summed E-state index contributed by atoms with van der Waals surface area (Å²) in [5, 5.41) is 41.8. The number of rotatable bonds is 8. The van der Waals surface area contributed by atoms with Crippen LogP contribution in [0.2, 0.25) is 0 Å². The minimum Gasteiger partial charge on any atom is -0.396 e. The maximum atomic E-state index is 13.7. The quantitative estimate of drug-likeness (QED) is 0.0919. The molecule has 226 valence electrons. The van der Waals surface area contributed by atoms with Crippen LogP contribution in [0.4, 0.5) is 11.8 Å². The lowest BCUT2D eigenvalue weighted by Crippen LogP contribution is -2.36. The van der Waals surface area contributed by atoms with Gasteiger partial charge in [-0.25, -0.2) is 19.9 Å². The van der Waals surface area contributed by atoms with Crippen molar-refractivity contribution in [3.8, 4) is 0 Å². The maximum absolute atomic E-state index is 13.7. The second-order valence-corrected chi connectivity index (χ2v) is 11.8. The molecular formula is C21H27N10O10P. The summed E-state index contributed by atoms with van der Waals surface area (Å²) >= 11 is 0. The van der Waals surface area contributed by atoms with Gasteiger partial charge in [0.15, 0.2) is 35.1 Å². The first kappa shape index (κ1) is 28.5. The fourth-order valence-corrected chi connectivity index (χ4v) is 6.87. The Labute approximate surface area is 234 Å². The van der Waals surface area contributed by atoms with Crippen molar-refractivity contribution in [1.29, 1.82) is 0 Å². The highest BCUT2D eigenvalue weighted by Gasteiger charge is 2.55. The Hall–Kier alpha value is -3.59. The molecule has 0 spiro atoms. The van der Waals surface area contributed by atoms with E-state index >= 15 is 0 Å². The number of aromatic nitrogens is 8. The molecular weight excluding hydrogens is 583 g/mol. The summed E-state index contributed by atoms with van der Waals surface area (Å²) in [5.41, 5.74) is 9.39. The first-order valence-corrected chi connectivity index (χ1v) is 14.2. The molecule has 0 amide bonds. The molecule has 0 aliphatic carbocycles. The van der Waals surface area contributed by atoms with Crippen LogP contribution >= 0.6 is 7.60 Å². The number of hydrogen-bond donors (Lipinski definition) is 8. The zero-order valence-corrected chi connectivity index (χ0v) is 22.4. The van der Waals surface area contributed by atoms with E-state index < -0.39 is 75.0 Å². The van der Waals surface area contributed by atoms with Gasteiger partial charge in [0.1, 0.15) is 35.8 Å². The minimum absolute atomic E-state index is 0.0828. The van der Waals surface area contributed by atoms with Crippen LogP contribution in [0.1, 0.15) is 18.9 Å². The molecule has 20 nitrogen and oxygen atoms in total. The highest BCUT2D eigenvalue weighted by Crippen LogP contribution is 2.58. The lowest BCUT2D eigenvalue weighted by atomic mass is 10.1. The Morgan fingerprint density at radius 3 is 2.38 bits per heavy atom. The molecule has 6 rings (SSSR count). The van der Waals surface area contributed by atoms with Crippen molar-refractivity contribution >= 4 is 41.7 Å². The number of imidazole rings is 2. The van der Waals surface area contributed by atoms with E-state index in [-0.39, 0.29) is 40.5 Å². The predicted octanol–water partition coefficient (Wildman–Crippen LogP) is -3.05. The molecule has 6 heterocycles. The van der Waals surface area contributed by atoms with Gasteiger partial charge in [-0.05, 0) is 6.42 Å². The maximum Gasteiger partial charge on any atom is 0.338 e. The number of aliphatic hydroxyl groups is 4. The third-order valence-corrected chi connectivity index (χ3v) is 9.11. The third-order valence-electron chi connectivity index (χ3n) is 7.27. The topological polar surface area (TPSA) is 305 Å². The van der Waals surface area contributed by atoms with Crippen LogP contribution in [0.15, 0.2) is 23.8 Å². The molecule has 0 radical (unpaired) electrons. The molecule has 21 heteroatoms. The van der Waals surface area contributed by atoms with Gasteiger partial charge in [-0.3, -0.25) is 23.5 Å². The summed E-state index contributed by atoms with van der Waals surface area (Å²) < 4.78 is 33.1. The average molecular weight is 610 g/mol. The summed E-state index contributed by atoms with van der Waals surface area (Å²) in [4.78, 5) is 45.7. The van der Waals surface area contributed by atoms with E-state index in [1.807, 2.05) is 0 Å². The number of nitrogens with two attached hydrogens (primary N) is 2. The number of nitrogens with one attached hydrogen (secondary N) is 1. The first-order valence-electron chi connectivity index (χ1n) is 12.6. The molecule has 2 fully saturated rings. The summed E-state index contributed by atoms with van der Waals surface area (Å²) in [6.45, 7) is -1.10. The van der Waals surface area contributed by atoms with Crippen LogP contribution in [-0.2, 0) is 18.6 Å². The summed E-state index contributed by atoms with van der Waals surface area (Å²) in [7, 11) is -4.86. The van der Waals surface area contributed by atoms with Crippen molar-refractivity contribution in [3.63, 3.8) is 0 Å². The van der Waals surface area contributed by atoms with E-state index in [9.17, 15) is 34.7 Å². The molecule has 42 heavy (non-hydrogen) atoms. The van der Waals surface area contributed by atoms with E-state index in [1.54, 1.807) is 0 Å². The van der Waals surface area contributed by atoms with Crippen LogP contribution in [0.3, 0.4) is 0 Å². The molecule has 2 aliphatic rings. The largest absolute Gasteiger partial charge is 0.396 e. The number of anilines is 2. The number of H-pyrrole nitrogens is 1. The van der Waals surface area contributed by atoms with Gasteiger partial charge >= 0.3 is 7.60 Å². The number of nitrogens with zero attached hydrogens (tertiary/aromatic N) is 7. The zero-order valence-electron chi connectivity index (χ0n) is 21.5. The van der Waals surface area contributed by atoms with E-state index in [0.717, 1.165) is 10.9 Å². The van der Waals surface area contributed by atoms with Crippen LogP contribution in [0.25, 0.3) is 22.3 Å². The van der Waals surface area contributed by atoms with Gasteiger partial charge in [-0.1, -0.05) is 0 Å². The normalized spacial score (nSPS) is 31.3. The van der Waals surface area contributed by atoms with E-state index in [4.69, 9.17) is 25.5 Å². The number of fused-ring (bicyclic) bond motifs is 2. The molecule has 0 bridgehead atoms. The Balaban J connectivity index is 1.25. The van der Waals surface area contributed by atoms with E-state index in [2.05, 4.69) is 29.9 Å². The van der Waals surface area contributed by atoms with Crippen molar-refractivity contribution in [3.05, 3.63) is 29.3 Å². The minimum atomic E-state index is -4.86. The number of hydrogen-bond acceptors (Lipinski definition) is 16. The summed E-state index contributed by atoms with van der Waals surface area (Å²) in [5.74, 6) is -0.160. The van der Waals surface area contributed by atoms with Gasteiger partial charge in [-0.15, -0.1) is 0 Å². The smallest absolute Gasteiger partial charge is 0.338 e. The zero-order chi connectivity index (χ0) is 29.9. The summed E-state index contributed by atoms with van der Waals surface area (Å²) in [6.07, 6.45) is -6.23. The van der Waals surface area contributed by atoms with Crippen LogP contribution in [0, 0.1) is 0 Å². The lowest BCUT2D eigenvalue weighted by Gasteiger charge is -2.27. The second kappa shape index (κ2) is 10.6. The van der Waals surface area contributed by atoms with Gasteiger partial charge in [-0.2, -0.15) is 4.98 Å². The van der Waals surface area contributed by atoms with Crippen LogP contribution < -0.4 is 17.0 Å². The van der Waals surface area contributed by atoms with E-state index in [0.29, 0.717) is 0 Å². The molecule has 4 aromatic heterocycles. The number of aromatic amines is 1. The fourth-order valence-electron chi connectivity index (χ4n) is 5.23. The van der Waals surface area contributed by atoms with Crippen molar-refractivity contribution in [1.82, 2.24) is 39.0 Å². The van der Waals surface area contributed by atoms with Crippen molar-refractivity contribution < 1.29 is 43.9 Å².